The van der Waals surface area contributed by atoms with Crippen molar-refractivity contribution in [3.05, 3.63) is 64.7 Å². The van der Waals surface area contributed by atoms with Gasteiger partial charge in [-0.15, -0.1) is 0 Å². The molecule has 0 bridgehead atoms. The van der Waals surface area contributed by atoms with Crippen molar-refractivity contribution in [2.45, 2.75) is 25.9 Å². The molecule has 0 radical (unpaired) electrons. The Morgan fingerprint density at radius 2 is 1.90 bits per heavy atom. The molecule has 2 aromatic rings. The third kappa shape index (κ3) is 3.53. The van der Waals surface area contributed by atoms with Gasteiger partial charge in [-0.25, -0.2) is 0 Å². The zero-order valence-corrected chi connectivity index (χ0v) is 12.8. The first-order valence-corrected chi connectivity index (χ1v) is 7.29. The van der Waals surface area contributed by atoms with Crippen LogP contribution in [0.5, 0.6) is 0 Å². The standard InChI is InChI=1S/C17H21ClN2/c1-3-16(19)15-9-4-5-10-17(15)20(2)12-13-7-6-8-14(18)11-13/h4-11,16H,3,12,19H2,1-2H3. The Morgan fingerprint density at radius 1 is 1.15 bits per heavy atom. The van der Waals surface area contributed by atoms with Crippen molar-refractivity contribution in [3.63, 3.8) is 0 Å². The van der Waals surface area contributed by atoms with Crippen LogP contribution >= 0.6 is 11.6 Å². The SMILES string of the molecule is CCC(N)c1ccccc1N(C)Cc1cccc(Cl)c1. The minimum Gasteiger partial charge on any atom is -0.370 e. The fourth-order valence-electron chi connectivity index (χ4n) is 2.36. The van der Waals surface area contributed by atoms with E-state index in [1.165, 1.54) is 16.8 Å². The van der Waals surface area contributed by atoms with Crippen LogP contribution in [0.4, 0.5) is 5.69 Å². The molecule has 0 aliphatic rings. The van der Waals surface area contributed by atoms with Gasteiger partial charge in [-0.2, -0.15) is 0 Å². The highest BCUT2D eigenvalue weighted by Crippen LogP contribution is 2.27. The zero-order chi connectivity index (χ0) is 14.5. The van der Waals surface area contributed by atoms with Crippen LogP contribution in [0.25, 0.3) is 0 Å². The number of nitrogens with two attached hydrogens (primary N) is 1. The van der Waals surface area contributed by atoms with Gasteiger partial charge < -0.3 is 10.6 Å². The number of para-hydroxylation sites is 1. The van der Waals surface area contributed by atoms with E-state index in [0.29, 0.717) is 0 Å². The number of rotatable bonds is 5. The summed E-state index contributed by atoms with van der Waals surface area (Å²) in [5.41, 5.74) is 9.77. The molecular weight excluding hydrogens is 268 g/mol. The molecule has 0 amide bonds. The molecular formula is C17H21ClN2. The second kappa shape index (κ2) is 6.78. The Morgan fingerprint density at radius 3 is 2.60 bits per heavy atom. The normalized spacial score (nSPS) is 12.2. The van der Waals surface area contributed by atoms with Crippen LogP contribution in [0.3, 0.4) is 0 Å². The summed E-state index contributed by atoms with van der Waals surface area (Å²) in [6.45, 7) is 2.92. The number of hydrogen-bond acceptors (Lipinski definition) is 2. The van der Waals surface area contributed by atoms with Gasteiger partial charge in [-0.1, -0.05) is 48.9 Å². The molecule has 0 spiro atoms. The van der Waals surface area contributed by atoms with Gasteiger partial charge in [0.1, 0.15) is 0 Å². The lowest BCUT2D eigenvalue weighted by molar-refractivity contribution is 0.694. The van der Waals surface area contributed by atoms with Crippen LogP contribution in [0.2, 0.25) is 5.02 Å². The fraction of sp³-hybridized carbons (Fsp3) is 0.294. The molecule has 0 aliphatic carbocycles. The molecule has 20 heavy (non-hydrogen) atoms. The van der Waals surface area contributed by atoms with E-state index in [9.17, 15) is 0 Å². The maximum atomic E-state index is 6.20. The van der Waals surface area contributed by atoms with Gasteiger partial charge in [-0.05, 0) is 35.7 Å². The molecule has 106 valence electrons. The van der Waals surface area contributed by atoms with Gasteiger partial charge in [-0.3, -0.25) is 0 Å². The summed E-state index contributed by atoms with van der Waals surface area (Å²) in [7, 11) is 2.09. The average molecular weight is 289 g/mol. The second-order valence-electron chi connectivity index (χ2n) is 5.06. The molecule has 0 saturated heterocycles. The first-order chi connectivity index (χ1) is 9.61. The van der Waals surface area contributed by atoms with Crippen molar-refractivity contribution in [2.75, 3.05) is 11.9 Å². The molecule has 2 N–H and O–H groups in total. The first-order valence-electron chi connectivity index (χ1n) is 6.92. The lowest BCUT2D eigenvalue weighted by Gasteiger charge is -2.25. The van der Waals surface area contributed by atoms with Crippen LogP contribution in [0, 0.1) is 0 Å². The van der Waals surface area contributed by atoms with Crippen molar-refractivity contribution in [2.24, 2.45) is 5.73 Å². The molecule has 2 nitrogen and oxygen atoms in total. The number of anilines is 1. The highest BCUT2D eigenvalue weighted by molar-refractivity contribution is 6.30. The van der Waals surface area contributed by atoms with Crippen molar-refractivity contribution < 1.29 is 0 Å². The minimum absolute atomic E-state index is 0.0769. The third-order valence-corrected chi connectivity index (χ3v) is 3.73. The van der Waals surface area contributed by atoms with Crippen LogP contribution in [0.15, 0.2) is 48.5 Å². The maximum Gasteiger partial charge on any atom is 0.0426 e. The molecule has 2 rings (SSSR count). The molecule has 0 saturated carbocycles. The van der Waals surface area contributed by atoms with Crippen molar-refractivity contribution >= 4 is 17.3 Å². The van der Waals surface area contributed by atoms with E-state index in [-0.39, 0.29) is 6.04 Å². The Balaban J connectivity index is 2.23. The number of hydrogen-bond donors (Lipinski definition) is 1. The minimum atomic E-state index is 0.0769. The predicted molar refractivity (Wildman–Crippen MR) is 87.2 cm³/mol. The highest BCUT2D eigenvalue weighted by atomic mass is 35.5. The summed E-state index contributed by atoms with van der Waals surface area (Å²) in [5.74, 6) is 0. The molecule has 1 atom stereocenters. The Labute approximate surface area is 126 Å². The Hall–Kier alpha value is -1.51. The Bertz CT molecular complexity index is 568. The molecule has 1 unspecified atom stereocenters. The number of nitrogens with zero attached hydrogens (tertiary/aromatic N) is 1. The number of halogens is 1. The van der Waals surface area contributed by atoms with Crippen molar-refractivity contribution in [1.82, 2.24) is 0 Å². The smallest absolute Gasteiger partial charge is 0.0426 e. The third-order valence-electron chi connectivity index (χ3n) is 3.50. The van der Waals surface area contributed by atoms with Gasteiger partial charge in [0.15, 0.2) is 0 Å². The number of benzene rings is 2. The lowest BCUT2D eigenvalue weighted by Crippen LogP contribution is -2.20. The van der Waals surface area contributed by atoms with Gasteiger partial charge in [0, 0.05) is 30.3 Å². The topological polar surface area (TPSA) is 29.3 Å². The molecule has 3 heteroatoms. The predicted octanol–water partition coefficient (Wildman–Crippen LogP) is 4.39. The Kier molecular flexibility index (Phi) is 5.05. The van der Waals surface area contributed by atoms with E-state index in [1.807, 2.05) is 24.3 Å². The van der Waals surface area contributed by atoms with Gasteiger partial charge >= 0.3 is 0 Å². The summed E-state index contributed by atoms with van der Waals surface area (Å²) in [6.07, 6.45) is 0.933. The summed E-state index contributed by atoms with van der Waals surface area (Å²) < 4.78 is 0. The van der Waals surface area contributed by atoms with E-state index in [0.717, 1.165) is 18.0 Å². The summed E-state index contributed by atoms with van der Waals surface area (Å²) in [5, 5.41) is 0.773. The molecule has 0 aromatic heterocycles. The summed E-state index contributed by atoms with van der Waals surface area (Å²) in [4.78, 5) is 2.22. The monoisotopic (exact) mass is 288 g/mol. The van der Waals surface area contributed by atoms with Crippen LogP contribution in [0.1, 0.15) is 30.5 Å². The molecule has 0 aliphatic heterocycles. The van der Waals surface area contributed by atoms with E-state index < -0.39 is 0 Å². The lowest BCUT2D eigenvalue weighted by atomic mass is 10.0. The molecule has 0 fully saturated rings. The van der Waals surface area contributed by atoms with Crippen LogP contribution in [-0.2, 0) is 6.54 Å². The molecule has 2 aromatic carbocycles. The quantitative estimate of drug-likeness (QED) is 0.884. The first kappa shape index (κ1) is 14.9. The summed E-state index contributed by atoms with van der Waals surface area (Å²) >= 11 is 6.04. The second-order valence-corrected chi connectivity index (χ2v) is 5.50. The van der Waals surface area contributed by atoms with Gasteiger partial charge in [0.2, 0.25) is 0 Å². The van der Waals surface area contributed by atoms with E-state index in [1.54, 1.807) is 0 Å². The van der Waals surface area contributed by atoms with Crippen molar-refractivity contribution in [1.29, 1.82) is 0 Å². The maximum absolute atomic E-state index is 6.20. The molecule has 0 heterocycles. The fourth-order valence-corrected chi connectivity index (χ4v) is 2.58. The zero-order valence-electron chi connectivity index (χ0n) is 12.0. The van der Waals surface area contributed by atoms with Crippen molar-refractivity contribution in [3.8, 4) is 0 Å². The van der Waals surface area contributed by atoms with E-state index in [2.05, 4.69) is 43.1 Å². The van der Waals surface area contributed by atoms with Crippen LogP contribution < -0.4 is 10.6 Å². The van der Waals surface area contributed by atoms with E-state index in [4.69, 9.17) is 17.3 Å². The highest BCUT2D eigenvalue weighted by Gasteiger charge is 2.12. The summed E-state index contributed by atoms with van der Waals surface area (Å²) in [6, 6.07) is 16.4. The average Bonchev–Trinajstić information content (AvgIpc) is 2.46. The van der Waals surface area contributed by atoms with Gasteiger partial charge in [0.25, 0.3) is 0 Å². The van der Waals surface area contributed by atoms with Crippen LogP contribution in [-0.4, -0.2) is 7.05 Å². The van der Waals surface area contributed by atoms with E-state index >= 15 is 0 Å². The van der Waals surface area contributed by atoms with Gasteiger partial charge in [0.05, 0.1) is 0 Å². The largest absolute Gasteiger partial charge is 0.370 e.